The molecule has 0 amide bonds. The molecule has 0 radical (unpaired) electrons. The van der Waals surface area contributed by atoms with E-state index in [2.05, 4.69) is 25.2 Å². The van der Waals surface area contributed by atoms with Crippen molar-refractivity contribution in [2.75, 3.05) is 0 Å². The van der Waals surface area contributed by atoms with Crippen molar-refractivity contribution in [2.24, 2.45) is 17.8 Å². The van der Waals surface area contributed by atoms with Gasteiger partial charge in [-0.3, -0.25) is 4.79 Å². The van der Waals surface area contributed by atoms with Crippen molar-refractivity contribution in [3.05, 3.63) is 23.8 Å². The summed E-state index contributed by atoms with van der Waals surface area (Å²) in [5.74, 6) is 0.0946. The largest absolute Gasteiger partial charge is 0.481 e. The van der Waals surface area contributed by atoms with Gasteiger partial charge < -0.3 is 5.11 Å². The van der Waals surface area contributed by atoms with Crippen LogP contribution in [-0.4, -0.2) is 11.1 Å². The van der Waals surface area contributed by atoms with Crippen LogP contribution in [-0.2, 0) is 4.79 Å². The second-order valence-electron chi connectivity index (χ2n) is 5.16. The molecule has 0 aromatic heterocycles. The molecule has 1 saturated carbocycles. The van der Waals surface area contributed by atoms with E-state index in [0.717, 1.165) is 25.7 Å². The van der Waals surface area contributed by atoms with E-state index in [-0.39, 0.29) is 5.92 Å². The number of carbonyl (C=O) groups is 1. The minimum atomic E-state index is -0.592. The molecule has 0 heterocycles. The summed E-state index contributed by atoms with van der Waals surface area (Å²) in [6, 6.07) is 0. The van der Waals surface area contributed by atoms with E-state index in [1.54, 1.807) is 0 Å². The van der Waals surface area contributed by atoms with Crippen LogP contribution in [0.3, 0.4) is 0 Å². The lowest BCUT2D eigenvalue weighted by molar-refractivity contribution is -0.145. The van der Waals surface area contributed by atoms with Gasteiger partial charge in [-0.25, -0.2) is 0 Å². The van der Waals surface area contributed by atoms with Gasteiger partial charge in [-0.05, 0) is 38.0 Å². The summed E-state index contributed by atoms with van der Waals surface area (Å²) in [4.78, 5) is 11.3. The lowest BCUT2D eigenvalue weighted by atomic mass is 9.70. The fraction of sp³-hybridized carbons (Fsp3) is 0.643. The van der Waals surface area contributed by atoms with Gasteiger partial charge in [0.05, 0.1) is 5.92 Å². The first kappa shape index (κ1) is 11.4. The maximum absolute atomic E-state index is 11.3. The van der Waals surface area contributed by atoms with Gasteiger partial charge in [0.15, 0.2) is 0 Å². The highest BCUT2D eigenvalue weighted by atomic mass is 16.4. The zero-order chi connectivity index (χ0) is 11.5. The third kappa shape index (κ3) is 2.37. The lowest BCUT2D eigenvalue weighted by Crippen LogP contribution is -2.32. The van der Waals surface area contributed by atoms with Crippen molar-refractivity contribution in [2.45, 2.75) is 39.0 Å². The van der Waals surface area contributed by atoms with Crippen molar-refractivity contribution < 1.29 is 9.90 Å². The van der Waals surface area contributed by atoms with Crippen LogP contribution >= 0.6 is 0 Å². The van der Waals surface area contributed by atoms with Gasteiger partial charge in [0.1, 0.15) is 0 Å². The van der Waals surface area contributed by atoms with Crippen LogP contribution in [0.15, 0.2) is 23.8 Å². The molecule has 0 aromatic carbocycles. The standard InChI is InChI=1S/C14H20O2/c1-10-5-4-6-11(9-10)12-7-2-3-8-13(12)14(15)16/h4-6,11-13H,2-3,7-9H2,1H3,(H,15,16)/t11?,12-,13?/m1/s1. The highest BCUT2D eigenvalue weighted by Crippen LogP contribution is 2.39. The maximum Gasteiger partial charge on any atom is 0.306 e. The Morgan fingerprint density at radius 2 is 2.12 bits per heavy atom. The van der Waals surface area contributed by atoms with Gasteiger partial charge in [0, 0.05) is 0 Å². The Balaban J connectivity index is 2.09. The van der Waals surface area contributed by atoms with Crippen LogP contribution in [0.2, 0.25) is 0 Å². The van der Waals surface area contributed by atoms with E-state index in [4.69, 9.17) is 0 Å². The first-order chi connectivity index (χ1) is 7.68. The van der Waals surface area contributed by atoms with Crippen molar-refractivity contribution in [3.63, 3.8) is 0 Å². The molecule has 1 fully saturated rings. The number of carboxylic acids is 1. The third-order valence-electron chi connectivity index (χ3n) is 3.98. The zero-order valence-corrected chi connectivity index (χ0v) is 9.86. The summed E-state index contributed by atoms with van der Waals surface area (Å²) < 4.78 is 0. The van der Waals surface area contributed by atoms with Crippen LogP contribution in [0, 0.1) is 17.8 Å². The van der Waals surface area contributed by atoms with Crippen LogP contribution in [0.25, 0.3) is 0 Å². The average molecular weight is 220 g/mol. The SMILES string of the molecule is CC1=CC=CC([C@H]2CCCCC2C(=O)O)C1. The second-order valence-corrected chi connectivity index (χ2v) is 5.16. The van der Waals surface area contributed by atoms with Crippen LogP contribution in [0.4, 0.5) is 0 Å². The fourth-order valence-electron chi connectivity index (χ4n) is 3.14. The molecule has 2 nitrogen and oxygen atoms in total. The number of rotatable bonds is 2. The Morgan fingerprint density at radius 3 is 2.81 bits per heavy atom. The van der Waals surface area contributed by atoms with E-state index in [9.17, 15) is 9.90 Å². The minimum Gasteiger partial charge on any atom is -0.481 e. The smallest absolute Gasteiger partial charge is 0.306 e. The first-order valence-electron chi connectivity index (χ1n) is 6.25. The Morgan fingerprint density at radius 1 is 1.38 bits per heavy atom. The van der Waals surface area contributed by atoms with Gasteiger partial charge in [-0.15, -0.1) is 0 Å². The van der Waals surface area contributed by atoms with Crippen LogP contribution in [0.5, 0.6) is 0 Å². The molecule has 0 saturated heterocycles. The third-order valence-corrected chi connectivity index (χ3v) is 3.98. The number of carboxylic acid groups (broad SMARTS) is 1. The summed E-state index contributed by atoms with van der Waals surface area (Å²) in [6.07, 6.45) is 11.7. The van der Waals surface area contributed by atoms with Gasteiger partial charge in [-0.1, -0.05) is 36.6 Å². The topological polar surface area (TPSA) is 37.3 Å². The van der Waals surface area contributed by atoms with E-state index >= 15 is 0 Å². The molecule has 2 aliphatic rings. The monoisotopic (exact) mass is 220 g/mol. The molecule has 2 rings (SSSR count). The quantitative estimate of drug-likeness (QED) is 0.774. The molecule has 88 valence electrons. The second kappa shape index (κ2) is 4.86. The van der Waals surface area contributed by atoms with Gasteiger partial charge in [-0.2, -0.15) is 0 Å². The van der Waals surface area contributed by atoms with Gasteiger partial charge >= 0.3 is 5.97 Å². The number of allylic oxidation sites excluding steroid dienone is 4. The van der Waals surface area contributed by atoms with E-state index in [1.807, 2.05) is 0 Å². The van der Waals surface area contributed by atoms with E-state index < -0.39 is 5.97 Å². The predicted molar refractivity (Wildman–Crippen MR) is 64.1 cm³/mol. The Labute approximate surface area is 97.0 Å². The zero-order valence-electron chi connectivity index (χ0n) is 9.86. The highest BCUT2D eigenvalue weighted by Gasteiger charge is 2.35. The van der Waals surface area contributed by atoms with Gasteiger partial charge in [0.25, 0.3) is 0 Å². The minimum absolute atomic E-state index is 0.116. The van der Waals surface area contributed by atoms with Crippen LogP contribution < -0.4 is 0 Å². The molecule has 0 bridgehead atoms. The highest BCUT2D eigenvalue weighted by molar-refractivity contribution is 5.70. The molecule has 0 aliphatic heterocycles. The number of hydrogen-bond acceptors (Lipinski definition) is 1. The molecule has 2 unspecified atom stereocenters. The molecule has 0 spiro atoms. The lowest BCUT2D eigenvalue weighted by Gasteiger charge is -2.34. The summed E-state index contributed by atoms with van der Waals surface area (Å²) in [6.45, 7) is 2.13. The molecule has 2 heteroatoms. The number of hydrogen-bond donors (Lipinski definition) is 1. The molecular formula is C14H20O2. The predicted octanol–water partition coefficient (Wildman–Crippen LogP) is 3.40. The van der Waals surface area contributed by atoms with E-state index in [0.29, 0.717) is 11.8 Å². The normalized spacial score (nSPS) is 34.6. The van der Waals surface area contributed by atoms with Crippen LogP contribution in [0.1, 0.15) is 39.0 Å². The summed E-state index contributed by atoms with van der Waals surface area (Å²) in [7, 11) is 0. The number of aliphatic carboxylic acids is 1. The fourth-order valence-corrected chi connectivity index (χ4v) is 3.14. The van der Waals surface area contributed by atoms with E-state index in [1.165, 1.54) is 12.0 Å². The van der Waals surface area contributed by atoms with Crippen molar-refractivity contribution in [1.82, 2.24) is 0 Å². The molecule has 0 aromatic rings. The Hall–Kier alpha value is -1.05. The molecule has 16 heavy (non-hydrogen) atoms. The summed E-state index contributed by atoms with van der Waals surface area (Å²) >= 11 is 0. The average Bonchev–Trinajstić information content (AvgIpc) is 2.29. The van der Waals surface area contributed by atoms with Gasteiger partial charge in [0.2, 0.25) is 0 Å². The molecule has 1 N–H and O–H groups in total. The van der Waals surface area contributed by atoms with Crippen molar-refractivity contribution >= 4 is 5.97 Å². The molecule has 2 aliphatic carbocycles. The Bertz CT molecular complexity index is 328. The van der Waals surface area contributed by atoms with Crippen molar-refractivity contribution in [3.8, 4) is 0 Å². The summed E-state index contributed by atoms with van der Waals surface area (Å²) in [5, 5.41) is 9.27. The Kier molecular flexibility index (Phi) is 3.47. The molecular weight excluding hydrogens is 200 g/mol. The molecule has 3 atom stereocenters. The maximum atomic E-state index is 11.3. The first-order valence-corrected chi connectivity index (χ1v) is 6.25. The van der Waals surface area contributed by atoms with Crippen molar-refractivity contribution in [1.29, 1.82) is 0 Å². The summed E-state index contributed by atoms with van der Waals surface area (Å²) in [5.41, 5.74) is 1.38.